The molecule has 8 heteroatoms. The van der Waals surface area contributed by atoms with Crippen LogP contribution in [0.3, 0.4) is 0 Å². The number of ether oxygens (including phenoxy) is 1. The Bertz CT molecular complexity index is 872. The molecule has 0 aromatic heterocycles. The highest BCUT2D eigenvalue weighted by atomic mass is 35.5. The Morgan fingerprint density at radius 2 is 1.83 bits per heavy atom. The lowest BCUT2D eigenvalue weighted by Crippen LogP contribution is -2.51. The summed E-state index contributed by atoms with van der Waals surface area (Å²) in [4.78, 5) is 28.2. The minimum Gasteiger partial charge on any atom is -0.491 e. The normalized spacial score (nSPS) is 13.8. The second kappa shape index (κ2) is 10.8. The zero-order chi connectivity index (χ0) is 21.3. The monoisotopic (exact) mass is 433 g/mol. The summed E-state index contributed by atoms with van der Waals surface area (Å²) in [5.41, 5.74) is 1.04. The number of halogens is 2. The van der Waals surface area contributed by atoms with Gasteiger partial charge in [-0.25, -0.2) is 4.39 Å². The lowest BCUT2D eigenvalue weighted by molar-refractivity contribution is -0.133. The van der Waals surface area contributed by atoms with E-state index in [0.29, 0.717) is 37.6 Å². The SMILES string of the molecule is O=C(CCCOc1ccccc1F)NCC(=O)N1CCN(c2cccc(Cl)c2)CC1. The Morgan fingerprint density at radius 3 is 2.57 bits per heavy atom. The van der Waals surface area contributed by atoms with Crippen LogP contribution in [0.1, 0.15) is 12.8 Å². The zero-order valence-corrected chi connectivity index (χ0v) is 17.4. The van der Waals surface area contributed by atoms with Gasteiger partial charge in [0.25, 0.3) is 0 Å². The van der Waals surface area contributed by atoms with Crippen molar-refractivity contribution in [2.24, 2.45) is 0 Å². The first-order valence-electron chi connectivity index (χ1n) is 9.95. The maximum Gasteiger partial charge on any atom is 0.242 e. The van der Waals surface area contributed by atoms with Crippen LogP contribution < -0.4 is 15.0 Å². The summed E-state index contributed by atoms with van der Waals surface area (Å²) >= 11 is 6.04. The first kappa shape index (κ1) is 21.9. The third kappa shape index (κ3) is 6.35. The lowest BCUT2D eigenvalue weighted by atomic mass is 10.2. The number of piperazine rings is 1. The molecule has 1 saturated heterocycles. The highest BCUT2D eigenvalue weighted by Crippen LogP contribution is 2.20. The van der Waals surface area contributed by atoms with E-state index >= 15 is 0 Å². The summed E-state index contributed by atoms with van der Waals surface area (Å²) in [5, 5.41) is 3.34. The van der Waals surface area contributed by atoms with Crippen LogP contribution in [0.5, 0.6) is 5.75 Å². The number of hydrogen-bond acceptors (Lipinski definition) is 4. The Hall–Kier alpha value is -2.80. The molecular formula is C22H25ClFN3O3. The van der Waals surface area contributed by atoms with E-state index in [1.807, 2.05) is 24.3 Å². The summed E-state index contributed by atoms with van der Waals surface area (Å²) in [6.07, 6.45) is 0.650. The average molecular weight is 434 g/mol. The number of carbonyl (C=O) groups is 2. The van der Waals surface area contributed by atoms with Gasteiger partial charge in [-0.2, -0.15) is 0 Å². The second-order valence-corrected chi connectivity index (χ2v) is 7.44. The molecule has 1 fully saturated rings. The van der Waals surface area contributed by atoms with Gasteiger partial charge in [-0.15, -0.1) is 0 Å². The van der Waals surface area contributed by atoms with E-state index in [1.165, 1.54) is 6.07 Å². The molecule has 0 saturated carbocycles. The number of nitrogens with one attached hydrogen (secondary N) is 1. The van der Waals surface area contributed by atoms with Crippen LogP contribution in [0.25, 0.3) is 0 Å². The van der Waals surface area contributed by atoms with Gasteiger partial charge in [0.15, 0.2) is 11.6 Å². The number of carbonyl (C=O) groups excluding carboxylic acids is 2. The number of amides is 2. The molecule has 0 atom stereocenters. The number of nitrogens with zero attached hydrogens (tertiary/aromatic N) is 2. The molecule has 0 bridgehead atoms. The van der Waals surface area contributed by atoms with Crippen LogP contribution in [0.2, 0.25) is 5.02 Å². The smallest absolute Gasteiger partial charge is 0.242 e. The summed E-state index contributed by atoms with van der Waals surface area (Å²) in [6, 6.07) is 13.8. The third-order valence-corrected chi connectivity index (χ3v) is 5.12. The van der Waals surface area contributed by atoms with Crippen molar-refractivity contribution in [3.05, 3.63) is 59.4 Å². The van der Waals surface area contributed by atoms with Gasteiger partial charge >= 0.3 is 0 Å². The quantitative estimate of drug-likeness (QED) is 0.650. The molecule has 2 aromatic carbocycles. The van der Waals surface area contributed by atoms with Crippen LogP contribution in [0, 0.1) is 5.82 Å². The molecule has 1 aliphatic heterocycles. The predicted molar refractivity (Wildman–Crippen MR) is 114 cm³/mol. The molecule has 0 aliphatic carbocycles. The van der Waals surface area contributed by atoms with Crippen LogP contribution >= 0.6 is 11.6 Å². The van der Waals surface area contributed by atoms with Crippen molar-refractivity contribution in [3.8, 4) is 5.75 Å². The van der Waals surface area contributed by atoms with E-state index in [4.69, 9.17) is 16.3 Å². The van der Waals surface area contributed by atoms with Gasteiger partial charge in [0.2, 0.25) is 11.8 Å². The first-order valence-corrected chi connectivity index (χ1v) is 10.3. The van der Waals surface area contributed by atoms with E-state index in [-0.39, 0.29) is 37.1 Å². The maximum atomic E-state index is 13.4. The van der Waals surface area contributed by atoms with Crippen molar-refractivity contribution in [3.63, 3.8) is 0 Å². The fourth-order valence-electron chi connectivity index (χ4n) is 3.24. The molecule has 1 N–H and O–H groups in total. The zero-order valence-electron chi connectivity index (χ0n) is 16.7. The van der Waals surface area contributed by atoms with Gasteiger partial charge in [-0.1, -0.05) is 29.8 Å². The molecule has 1 heterocycles. The molecule has 0 radical (unpaired) electrons. The number of para-hydroxylation sites is 1. The van der Waals surface area contributed by atoms with Crippen LogP contribution in [-0.4, -0.2) is 56.0 Å². The van der Waals surface area contributed by atoms with E-state index in [9.17, 15) is 14.0 Å². The second-order valence-electron chi connectivity index (χ2n) is 7.01. The molecular weight excluding hydrogens is 409 g/mol. The summed E-state index contributed by atoms with van der Waals surface area (Å²) in [6.45, 7) is 2.83. The predicted octanol–water partition coefficient (Wildman–Crippen LogP) is 3.10. The van der Waals surface area contributed by atoms with Gasteiger partial charge in [0.1, 0.15) is 0 Å². The molecule has 3 rings (SSSR count). The molecule has 2 amide bonds. The van der Waals surface area contributed by atoms with Crippen molar-refractivity contribution < 1.29 is 18.7 Å². The molecule has 2 aromatic rings. The standard InChI is InChI=1S/C22H25ClFN3O3/c23-17-5-3-6-18(15-17)26-10-12-27(13-11-26)22(29)16-25-21(28)9-4-14-30-20-8-2-1-7-19(20)24/h1-3,5-8,15H,4,9-14,16H2,(H,25,28). The Balaban J connectivity index is 1.31. The number of rotatable bonds is 8. The van der Waals surface area contributed by atoms with Crippen LogP contribution in [0.4, 0.5) is 10.1 Å². The third-order valence-electron chi connectivity index (χ3n) is 4.88. The van der Waals surface area contributed by atoms with Crippen LogP contribution in [0.15, 0.2) is 48.5 Å². The fourth-order valence-corrected chi connectivity index (χ4v) is 3.42. The van der Waals surface area contributed by atoms with Crippen molar-refractivity contribution in [2.75, 3.05) is 44.2 Å². The largest absolute Gasteiger partial charge is 0.491 e. The highest BCUT2D eigenvalue weighted by Gasteiger charge is 2.21. The summed E-state index contributed by atoms with van der Waals surface area (Å²) in [5.74, 6) is -0.581. The highest BCUT2D eigenvalue weighted by molar-refractivity contribution is 6.30. The van der Waals surface area contributed by atoms with Crippen molar-refractivity contribution in [2.45, 2.75) is 12.8 Å². The number of anilines is 1. The number of benzene rings is 2. The minimum absolute atomic E-state index is 0.0236. The van der Waals surface area contributed by atoms with E-state index < -0.39 is 5.82 Å². The molecule has 6 nitrogen and oxygen atoms in total. The van der Waals surface area contributed by atoms with Gasteiger partial charge in [0.05, 0.1) is 13.2 Å². The van der Waals surface area contributed by atoms with Gasteiger partial charge in [-0.05, 0) is 36.8 Å². The van der Waals surface area contributed by atoms with Crippen molar-refractivity contribution in [1.29, 1.82) is 0 Å². The molecule has 30 heavy (non-hydrogen) atoms. The van der Waals surface area contributed by atoms with Gasteiger partial charge in [0, 0.05) is 43.3 Å². The fraction of sp³-hybridized carbons (Fsp3) is 0.364. The lowest BCUT2D eigenvalue weighted by Gasteiger charge is -2.36. The van der Waals surface area contributed by atoms with Crippen molar-refractivity contribution >= 4 is 29.1 Å². The maximum absolute atomic E-state index is 13.4. The Kier molecular flexibility index (Phi) is 7.90. The van der Waals surface area contributed by atoms with E-state index in [0.717, 1.165) is 5.69 Å². The van der Waals surface area contributed by atoms with E-state index in [1.54, 1.807) is 23.1 Å². The average Bonchev–Trinajstić information content (AvgIpc) is 2.76. The topological polar surface area (TPSA) is 61.9 Å². The van der Waals surface area contributed by atoms with Crippen LogP contribution in [-0.2, 0) is 9.59 Å². The van der Waals surface area contributed by atoms with Crippen molar-refractivity contribution in [1.82, 2.24) is 10.2 Å². The molecule has 1 aliphatic rings. The number of hydrogen-bond donors (Lipinski definition) is 1. The Labute approximate surface area is 180 Å². The molecule has 0 spiro atoms. The van der Waals surface area contributed by atoms with Gasteiger partial charge in [-0.3, -0.25) is 9.59 Å². The molecule has 160 valence electrons. The van der Waals surface area contributed by atoms with Gasteiger partial charge < -0.3 is 19.9 Å². The summed E-state index contributed by atoms with van der Waals surface area (Å²) < 4.78 is 18.8. The first-order chi connectivity index (χ1) is 14.5. The molecule has 0 unspecified atom stereocenters. The van der Waals surface area contributed by atoms with E-state index in [2.05, 4.69) is 10.2 Å². The minimum atomic E-state index is -0.428. The summed E-state index contributed by atoms with van der Waals surface area (Å²) in [7, 11) is 0. The Morgan fingerprint density at radius 1 is 1.07 bits per heavy atom.